The number of benzene rings is 1. The first-order valence-electron chi connectivity index (χ1n) is 9.51. The van der Waals surface area contributed by atoms with Gasteiger partial charge in [0.2, 0.25) is 0 Å². The topological polar surface area (TPSA) is 58.7 Å². The molecule has 1 heterocycles. The minimum atomic E-state index is -0.562. The van der Waals surface area contributed by atoms with E-state index in [1.807, 2.05) is 31.7 Å². The van der Waals surface area contributed by atoms with Gasteiger partial charge in [-0.1, -0.05) is 50.6 Å². The molecule has 4 nitrogen and oxygen atoms in total. The summed E-state index contributed by atoms with van der Waals surface area (Å²) >= 11 is 0. The lowest BCUT2D eigenvalue weighted by molar-refractivity contribution is -0.128. The van der Waals surface area contributed by atoms with Crippen LogP contribution in [0, 0.1) is 29.6 Å². The fourth-order valence-electron chi connectivity index (χ4n) is 5.38. The summed E-state index contributed by atoms with van der Waals surface area (Å²) in [5.41, 5.74) is 5.11. The molecule has 1 unspecified atom stereocenters. The molecule has 0 saturated heterocycles. The molecule has 1 aromatic carbocycles. The number of rotatable bonds is 1. The smallest absolute Gasteiger partial charge is 0.178 e. The van der Waals surface area contributed by atoms with Gasteiger partial charge in [-0.05, 0) is 31.7 Å². The Morgan fingerprint density at radius 1 is 1.30 bits per heavy atom. The highest BCUT2D eigenvalue weighted by Crippen LogP contribution is 2.55. The molecule has 138 valence electrons. The molecular formula is C23H25N3O. The Bertz CT molecular complexity index is 1030. The highest BCUT2D eigenvalue weighted by atomic mass is 16.1. The average Bonchev–Trinajstić information content (AvgIpc) is 2.96. The first-order valence-corrected chi connectivity index (χ1v) is 9.51. The van der Waals surface area contributed by atoms with E-state index in [1.165, 1.54) is 16.7 Å². The number of allylic oxidation sites excluding steroid dienone is 2. The van der Waals surface area contributed by atoms with Gasteiger partial charge in [0.05, 0.1) is 17.0 Å². The maximum absolute atomic E-state index is 12.8. The number of carbonyl (C=O) groups excluding carboxylic acids is 1. The number of hydrogen-bond donors (Lipinski definition) is 0. The van der Waals surface area contributed by atoms with Crippen LogP contribution in [0.4, 0.5) is 0 Å². The van der Waals surface area contributed by atoms with E-state index >= 15 is 0 Å². The van der Waals surface area contributed by atoms with Crippen molar-refractivity contribution >= 4 is 5.78 Å². The normalized spacial score (nSPS) is 26.0. The van der Waals surface area contributed by atoms with Gasteiger partial charge in [0.25, 0.3) is 0 Å². The molecule has 0 saturated carbocycles. The average molecular weight is 359 g/mol. The van der Waals surface area contributed by atoms with Gasteiger partial charge in [-0.3, -0.25) is 9.48 Å². The summed E-state index contributed by atoms with van der Waals surface area (Å²) in [5.74, 6) is 0.105. The summed E-state index contributed by atoms with van der Waals surface area (Å²) in [4.78, 5) is 12.8. The van der Waals surface area contributed by atoms with Crippen LogP contribution in [0.25, 0.3) is 11.3 Å². The van der Waals surface area contributed by atoms with E-state index in [1.54, 1.807) is 0 Å². The van der Waals surface area contributed by atoms with Crippen molar-refractivity contribution in [2.45, 2.75) is 46.0 Å². The maximum atomic E-state index is 12.8. The molecule has 0 bridgehead atoms. The summed E-state index contributed by atoms with van der Waals surface area (Å²) in [6, 6.07) is 10.6. The van der Waals surface area contributed by atoms with Gasteiger partial charge in [0.15, 0.2) is 5.78 Å². The number of Topliss-reactive ketones (excluding diaryl/α,β-unsaturated/α-hetero) is 1. The van der Waals surface area contributed by atoms with Crippen LogP contribution in [-0.2, 0) is 23.7 Å². The van der Waals surface area contributed by atoms with Crippen molar-refractivity contribution in [1.82, 2.24) is 9.78 Å². The molecule has 0 aliphatic heterocycles. The zero-order valence-electron chi connectivity index (χ0n) is 16.6. The van der Waals surface area contributed by atoms with Crippen LogP contribution in [0.15, 0.2) is 35.9 Å². The molecule has 0 amide bonds. The number of aryl methyl sites for hydroxylation is 2. The van der Waals surface area contributed by atoms with Gasteiger partial charge in [-0.25, -0.2) is 0 Å². The predicted octanol–water partition coefficient (Wildman–Crippen LogP) is 4.27. The Balaban J connectivity index is 1.96. The number of carbonyl (C=O) groups is 1. The van der Waals surface area contributed by atoms with E-state index in [-0.39, 0.29) is 17.3 Å². The summed E-state index contributed by atoms with van der Waals surface area (Å²) in [6.45, 7) is 8.21. The number of nitriles is 1. The lowest BCUT2D eigenvalue weighted by Crippen LogP contribution is -2.51. The van der Waals surface area contributed by atoms with E-state index in [4.69, 9.17) is 5.10 Å². The molecule has 27 heavy (non-hydrogen) atoms. The Morgan fingerprint density at radius 2 is 2.04 bits per heavy atom. The van der Waals surface area contributed by atoms with Crippen molar-refractivity contribution in [3.63, 3.8) is 0 Å². The van der Waals surface area contributed by atoms with Gasteiger partial charge in [-0.15, -0.1) is 0 Å². The van der Waals surface area contributed by atoms with Gasteiger partial charge >= 0.3 is 0 Å². The van der Waals surface area contributed by atoms with Crippen LogP contribution >= 0.6 is 0 Å². The molecule has 2 aliphatic rings. The second kappa shape index (κ2) is 5.66. The van der Waals surface area contributed by atoms with Crippen molar-refractivity contribution in [2.75, 3.05) is 0 Å². The van der Waals surface area contributed by atoms with E-state index in [0.717, 1.165) is 24.2 Å². The highest BCUT2D eigenvalue weighted by molar-refractivity contribution is 6.04. The van der Waals surface area contributed by atoms with Crippen molar-refractivity contribution in [3.8, 4) is 17.3 Å². The summed E-state index contributed by atoms with van der Waals surface area (Å²) in [7, 11) is 1.99. The monoisotopic (exact) mass is 359 g/mol. The summed E-state index contributed by atoms with van der Waals surface area (Å²) < 4.78 is 1.97. The first-order chi connectivity index (χ1) is 12.7. The number of nitrogens with zero attached hydrogens (tertiary/aromatic N) is 3. The molecule has 2 aromatic rings. The number of aromatic nitrogens is 2. The van der Waals surface area contributed by atoms with Crippen LogP contribution in [0.1, 0.15) is 44.0 Å². The summed E-state index contributed by atoms with van der Waals surface area (Å²) in [5, 5.41) is 14.5. The fraction of sp³-hybridized carbons (Fsp3) is 0.435. The second-order valence-corrected chi connectivity index (χ2v) is 8.76. The molecule has 4 heteroatoms. The zero-order valence-corrected chi connectivity index (χ0v) is 16.6. The summed E-state index contributed by atoms with van der Waals surface area (Å²) in [6.07, 6.45) is 3.71. The minimum Gasteiger partial charge on any atom is -0.293 e. The van der Waals surface area contributed by atoms with Gasteiger partial charge in [0, 0.05) is 29.0 Å². The number of ketones is 1. The van der Waals surface area contributed by atoms with E-state index < -0.39 is 10.8 Å². The zero-order chi connectivity index (χ0) is 19.6. The predicted molar refractivity (Wildman–Crippen MR) is 105 cm³/mol. The minimum absolute atomic E-state index is 0.0363. The molecular weight excluding hydrogens is 334 g/mol. The van der Waals surface area contributed by atoms with Gasteiger partial charge in [0.1, 0.15) is 6.07 Å². The molecule has 2 aliphatic carbocycles. The Kier molecular flexibility index (Phi) is 3.72. The standard InChI is InChI=1S/C23H25N3O/c1-14-7-6-8-15(11-14)19-17-9-10-18-22(2,3)21(27)16(13-24)12-23(18,4)20(17)25-26(19)5/h6-8,11-12,18H,9-10H2,1-5H3/t18?,23-/m0/s1. The van der Waals surface area contributed by atoms with Crippen molar-refractivity contribution < 1.29 is 4.79 Å². The Hall–Kier alpha value is -2.67. The first kappa shape index (κ1) is 17.7. The van der Waals surface area contributed by atoms with E-state index in [9.17, 15) is 10.1 Å². The van der Waals surface area contributed by atoms with Gasteiger partial charge in [-0.2, -0.15) is 10.4 Å². The molecule has 0 fully saturated rings. The SMILES string of the molecule is Cc1cccc(-c2c3c(nn2C)[C@@]2(C)C=C(C#N)C(=O)C(C)(C)C2CC3)c1. The molecule has 0 spiro atoms. The molecule has 2 atom stereocenters. The third-order valence-corrected chi connectivity index (χ3v) is 6.62. The van der Waals surface area contributed by atoms with Crippen LogP contribution in [-0.4, -0.2) is 15.6 Å². The lowest BCUT2D eigenvalue weighted by atomic mass is 9.52. The van der Waals surface area contributed by atoms with E-state index in [2.05, 4.69) is 44.2 Å². The van der Waals surface area contributed by atoms with Crippen molar-refractivity contribution in [1.29, 1.82) is 5.26 Å². The molecule has 0 radical (unpaired) electrons. The molecule has 0 N–H and O–H groups in total. The Labute approximate surface area is 160 Å². The third kappa shape index (κ3) is 2.34. The largest absolute Gasteiger partial charge is 0.293 e. The second-order valence-electron chi connectivity index (χ2n) is 8.76. The van der Waals surface area contributed by atoms with Crippen molar-refractivity contribution in [2.24, 2.45) is 18.4 Å². The number of hydrogen-bond acceptors (Lipinski definition) is 3. The number of fused-ring (bicyclic) bond motifs is 3. The Morgan fingerprint density at radius 3 is 2.70 bits per heavy atom. The maximum Gasteiger partial charge on any atom is 0.178 e. The third-order valence-electron chi connectivity index (χ3n) is 6.62. The molecule has 1 aromatic heterocycles. The lowest BCUT2D eigenvalue weighted by Gasteiger charge is -2.49. The van der Waals surface area contributed by atoms with Crippen LogP contribution in [0.5, 0.6) is 0 Å². The van der Waals surface area contributed by atoms with Gasteiger partial charge < -0.3 is 0 Å². The molecule has 4 rings (SSSR count). The van der Waals surface area contributed by atoms with Crippen LogP contribution in [0.3, 0.4) is 0 Å². The fourth-order valence-corrected chi connectivity index (χ4v) is 5.38. The van der Waals surface area contributed by atoms with E-state index in [0.29, 0.717) is 0 Å². The highest BCUT2D eigenvalue weighted by Gasteiger charge is 2.55. The van der Waals surface area contributed by atoms with Crippen LogP contribution < -0.4 is 0 Å². The van der Waals surface area contributed by atoms with Crippen molar-refractivity contribution in [3.05, 3.63) is 52.7 Å². The van der Waals surface area contributed by atoms with Crippen LogP contribution in [0.2, 0.25) is 0 Å². The quantitative estimate of drug-likeness (QED) is 0.764.